The molecule has 2 nitrogen and oxygen atoms in total. The van der Waals surface area contributed by atoms with E-state index in [9.17, 15) is 4.39 Å². The summed E-state index contributed by atoms with van der Waals surface area (Å²) in [6.45, 7) is 7.35. The molecule has 3 heteroatoms. The third-order valence-corrected chi connectivity index (χ3v) is 4.14. The zero-order valence-corrected chi connectivity index (χ0v) is 12.1. The first-order chi connectivity index (χ1) is 9.02. The molecule has 0 saturated carbocycles. The molecule has 1 aromatic rings. The minimum Gasteiger partial charge on any atom is -0.371 e. The van der Waals surface area contributed by atoms with E-state index in [0.29, 0.717) is 12.0 Å². The molecule has 0 aromatic heterocycles. The molecule has 1 aliphatic heterocycles. The van der Waals surface area contributed by atoms with Crippen molar-refractivity contribution in [2.24, 2.45) is 11.1 Å². The van der Waals surface area contributed by atoms with Gasteiger partial charge < -0.3 is 10.6 Å². The number of nitrogens with zero attached hydrogens (tertiary/aromatic N) is 1. The standard InChI is InChI=1S/C16H25FN2/c1-16(2)7-3-10-19(11-8-16)15-5-4-14(17)12-13(15)6-9-18/h4-5,12H,3,6-11,18H2,1-2H3. The smallest absolute Gasteiger partial charge is 0.123 e. The van der Waals surface area contributed by atoms with Crippen molar-refractivity contribution in [3.05, 3.63) is 29.6 Å². The first-order valence-electron chi connectivity index (χ1n) is 7.25. The Morgan fingerprint density at radius 2 is 2.05 bits per heavy atom. The van der Waals surface area contributed by atoms with Crippen molar-refractivity contribution in [1.82, 2.24) is 0 Å². The molecule has 0 amide bonds. The van der Waals surface area contributed by atoms with Crippen LogP contribution in [0.15, 0.2) is 18.2 Å². The minimum atomic E-state index is -0.164. The van der Waals surface area contributed by atoms with Crippen molar-refractivity contribution >= 4 is 5.69 Å². The average molecular weight is 264 g/mol. The SMILES string of the molecule is CC1(C)CCCN(c2ccc(F)cc2CCN)CC1. The van der Waals surface area contributed by atoms with Gasteiger partial charge in [0.1, 0.15) is 5.82 Å². The Kier molecular flexibility index (Phi) is 4.46. The average Bonchev–Trinajstić information content (AvgIpc) is 2.51. The van der Waals surface area contributed by atoms with E-state index < -0.39 is 0 Å². The van der Waals surface area contributed by atoms with Gasteiger partial charge in [0, 0.05) is 18.8 Å². The van der Waals surface area contributed by atoms with Crippen molar-refractivity contribution < 1.29 is 4.39 Å². The number of halogens is 1. The fourth-order valence-electron chi connectivity index (χ4n) is 2.88. The highest BCUT2D eigenvalue weighted by Gasteiger charge is 2.24. The summed E-state index contributed by atoms with van der Waals surface area (Å²) in [6.07, 6.45) is 4.39. The van der Waals surface area contributed by atoms with Gasteiger partial charge in [-0.25, -0.2) is 4.39 Å². The fourth-order valence-corrected chi connectivity index (χ4v) is 2.88. The van der Waals surface area contributed by atoms with E-state index >= 15 is 0 Å². The molecule has 0 aliphatic carbocycles. The van der Waals surface area contributed by atoms with Gasteiger partial charge in [0.2, 0.25) is 0 Å². The third-order valence-electron chi connectivity index (χ3n) is 4.14. The van der Waals surface area contributed by atoms with E-state index in [-0.39, 0.29) is 5.82 Å². The molecule has 1 fully saturated rings. The normalized spacial score (nSPS) is 19.3. The molecule has 0 radical (unpaired) electrons. The summed E-state index contributed by atoms with van der Waals surface area (Å²) in [5.74, 6) is -0.164. The molecule has 0 spiro atoms. The van der Waals surface area contributed by atoms with Crippen LogP contribution in [0.1, 0.15) is 38.7 Å². The first kappa shape index (κ1) is 14.3. The summed E-state index contributed by atoms with van der Waals surface area (Å²) in [5, 5.41) is 0. The molecule has 2 N–H and O–H groups in total. The Bertz CT molecular complexity index is 429. The van der Waals surface area contributed by atoms with E-state index in [1.165, 1.54) is 24.9 Å². The van der Waals surface area contributed by atoms with Crippen molar-refractivity contribution in [2.45, 2.75) is 39.5 Å². The van der Waals surface area contributed by atoms with Crippen LogP contribution in [0.5, 0.6) is 0 Å². The molecule has 19 heavy (non-hydrogen) atoms. The van der Waals surface area contributed by atoms with Gasteiger partial charge >= 0.3 is 0 Å². The molecule has 1 aromatic carbocycles. The van der Waals surface area contributed by atoms with Crippen LogP contribution in [0.25, 0.3) is 0 Å². The van der Waals surface area contributed by atoms with E-state index in [1.54, 1.807) is 12.1 Å². The summed E-state index contributed by atoms with van der Waals surface area (Å²) >= 11 is 0. The topological polar surface area (TPSA) is 29.3 Å². The molecular weight excluding hydrogens is 239 g/mol. The van der Waals surface area contributed by atoms with Crippen LogP contribution >= 0.6 is 0 Å². The lowest BCUT2D eigenvalue weighted by atomic mass is 9.85. The molecule has 0 bridgehead atoms. The van der Waals surface area contributed by atoms with Crippen molar-refractivity contribution in [3.63, 3.8) is 0 Å². The zero-order chi connectivity index (χ0) is 13.9. The van der Waals surface area contributed by atoms with Crippen LogP contribution in [-0.4, -0.2) is 19.6 Å². The summed E-state index contributed by atoms with van der Waals surface area (Å²) in [6, 6.07) is 5.11. The number of hydrogen-bond acceptors (Lipinski definition) is 2. The number of rotatable bonds is 3. The highest BCUT2D eigenvalue weighted by Crippen LogP contribution is 2.33. The van der Waals surface area contributed by atoms with Crippen molar-refractivity contribution in [1.29, 1.82) is 0 Å². The van der Waals surface area contributed by atoms with E-state index in [2.05, 4.69) is 18.7 Å². The summed E-state index contributed by atoms with van der Waals surface area (Å²) in [4.78, 5) is 2.40. The lowest BCUT2D eigenvalue weighted by Gasteiger charge is -2.27. The highest BCUT2D eigenvalue weighted by atomic mass is 19.1. The molecule has 106 valence electrons. The number of anilines is 1. The Morgan fingerprint density at radius 3 is 2.79 bits per heavy atom. The van der Waals surface area contributed by atoms with Crippen LogP contribution in [0.3, 0.4) is 0 Å². The molecule has 2 rings (SSSR count). The van der Waals surface area contributed by atoms with E-state index in [4.69, 9.17) is 5.73 Å². The van der Waals surface area contributed by atoms with Gasteiger partial charge in [-0.3, -0.25) is 0 Å². The largest absolute Gasteiger partial charge is 0.371 e. The van der Waals surface area contributed by atoms with Gasteiger partial charge in [-0.2, -0.15) is 0 Å². The van der Waals surface area contributed by atoms with E-state index in [0.717, 1.165) is 25.1 Å². The third kappa shape index (κ3) is 3.69. The number of nitrogens with two attached hydrogens (primary N) is 1. The second kappa shape index (κ2) is 5.91. The quantitative estimate of drug-likeness (QED) is 0.907. The van der Waals surface area contributed by atoms with Crippen LogP contribution in [0, 0.1) is 11.2 Å². The Morgan fingerprint density at radius 1 is 1.26 bits per heavy atom. The summed E-state index contributed by atoms with van der Waals surface area (Å²) < 4.78 is 13.4. The maximum atomic E-state index is 13.4. The predicted octanol–water partition coefficient (Wildman–Crippen LogP) is 3.34. The Labute approximate surface area is 115 Å². The maximum absolute atomic E-state index is 13.4. The fraction of sp³-hybridized carbons (Fsp3) is 0.625. The van der Waals surface area contributed by atoms with Gasteiger partial charge in [-0.05, 0) is 61.4 Å². The van der Waals surface area contributed by atoms with Crippen LogP contribution in [0.2, 0.25) is 0 Å². The highest BCUT2D eigenvalue weighted by molar-refractivity contribution is 5.54. The number of hydrogen-bond donors (Lipinski definition) is 1. The molecular formula is C16H25FN2. The molecule has 1 aliphatic rings. The van der Waals surface area contributed by atoms with Crippen molar-refractivity contribution in [3.8, 4) is 0 Å². The number of benzene rings is 1. The zero-order valence-electron chi connectivity index (χ0n) is 12.1. The van der Waals surface area contributed by atoms with Gasteiger partial charge in [0.15, 0.2) is 0 Å². The van der Waals surface area contributed by atoms with Crippen LogP contribution in [-0.2, 0) is 6.42 Å². The molecule has 1 heterocycles. The molecule has 1 saturated heterocycles. The van der Waals surface area contributed by atoms with Gasteiger partial charge in [-0.15, -0.1) is 0 Å². The first-order valence-corrected chi connectivity index (χ1v) is 7.25. The lowest BCUT2D eigenvalue weighted by molar-refractivity contribution is 0.325. The summed E-state index contributed by atoms with van der Waals surface area (Å²) in [7, 11) is 0. The van der Waals surface area contributed by atoms with Gasteiger partial charge in [0.25, 0.3) is 0 Å². The maximum Gasteiger partial charge on any atom is 0.123 e. The second-order valence-electron chi connectivity index (χ2n) is 6.32. The second-order valence-corrected chi connectivity index (χ2v) is 6.32. The van der Waals surface area contributed by atoms with Crippen LogP contribution in [0.4, 0.5) is 10.1 Å². The predicted molar refractivity (Wildman–Crippen MR) is 79.0 cm³/mol. The Hall–Kier alpha value is -1.09. The van der Waals surface area contributed by atoms with E-state index in [1.807, 2.05) is 6.07 Å². The van der Waals surface area contributed by atoms with Crippen LogP contribution < -0.4 is 10.6 Å². The summed E-state index contributed by atoms with van der Waals surface area (Å²) in [5.41, 5.74) is 8.28. The van der Waals surface area contributed by atoms with Crippen molar-refractivity contribution in [2.75, 3.05) is 24.5 Å². The molecule has 0 atom stereocenters. The van der Waals surface area contributed by atoms with Gasteiger partial charge in [0.05, 0.1) is 0 Å². The lowest BCUT2D eigenvalue weighted by Crippen LogP contribution is -2.26. The Balaban J connectivity index is 2.21. The minimum absolute atomic E-state index is 0.164. The molecule has 0 unspecified atom stereocenters. The van der Waals surface area contributed by atoms with Gasteiger partial charge in [-0.1, -0.05) is 13.8 Å². The monoisotopic (exact) mass is 264 g/mol.